The molecule has 0 aliphatic carbocycles. The molecule has 1 unspecified atom stereocenters. The van der Waals surface area contributed by atoms with Crippen molar-refractivity contribution in [2.24, 2.45) is 5.16 Å². The van der Waals surface area contributed by atoms with Crippen molar-refractivity contribution in [1.29, 1.82) is 0 Å². The fraction of sp³-hybridized carbons (Fsp3) is 0.800. The Labute approximate surface area is 137 Å². The molecule has 1 rings (SSSR count). The summed E-state index contributed by atoms with van der Waals surface area (Å²) in [6.45, 7) is 11.2. The summed E-state index contributed by atoms with van der Waals surface area (Å²) in [7, 11) is 1.41. The minimum atomic E-state index is -0.605. The number of nitrogens with one attached hydrogen (secondary N) is 1. The molecule has 0 aromatic carbocycles. The Morgan fingerprint density at radius 2 is 1.70 bits per heavy atom. The molecule has 8 nitrogen and oxygen atoms in total. The molecule has 0 saturated carbocycles. The normalized spacial score (nSPS) is 20.4. The molecule has 1 atom stereocenters. The molecule has 8 heteroatoms. The van der Waals surface area contributed by atoms with E-state index in [1.807, 2.05) is 0 Å². The van der Waals surface area contributed by atoms with Crippen LogP contribution in [0.25, 0.3) is 0 Å². The molecular formula is C15H27N3O5. The maximum absolute atomic E-state index is 12.1. The molecule has 1 aliphatic heterocycles. The Morgan fingerprint density at radius 3 is 2.17 bits per heavy atom. The van der Waals surface area contributed by atoms with E-state index >= 15 is 0 Å². The average molecular weight is 329 g/mol. The highest BCUT2D eigenvalue weighted by atomic mass is 16.6. The summed E-state index contributed by atoms with van der Waals surface area (Å²) in [5.74, 6) is 0. The predicted molar refractivity (Wildman–Crippen MR) is 85.4 cm³/mol. The van der Waals surface area contributed by atoms with Gasteiger partial charge in [-0.1, -0.05) is 5.16 Å². The van der Waals surface area contributed by atoms with Gasteiger partial charge in [-0.05, 0) is 41.5 Å². The van der Waals surface area contributed by atoms with Crippen LogP contribution in [-0.2, 0) is 14.3 Å². The molecule has 132 valence electrons. The molecule has 0 aromatic heterocycles. The lowest BCUT2D eigenvalue weighted by molar-refractivity contribution is 0.0285. The van der Waals surface area contributed by atoms with Gasteiger partial charge in [0.05, 0.1) is 19.1 Å². The molecule has 1 heterocycles. The van der Waals surface area contributed by atoms with E-state index in [0.717, 1.165) is 0 Å². The third-order valence-corrected chi connectivity index (χ3v) is 2.71. The average Bonchev–Trinajstić information content (AvgIpc) is 2.68. The van der Waals surface area contributed by atoms with Gasteiger partial charge in [0.25, 0.3) is 0 Å². The van der Waals surface area contributed by atoms with Crippen molar-refractivity contribution in [3.05, 3.63) is 0 Å². The van der Waals surface area contributed by atoms with E-state index in [4.69, 9.17) is 14.3 Å². The molecule has 0 spiro atoms. The number of hydrogen-bond donors (Lipinski definition) is 1. The lowest BCUT2D eigenvalue weighted by atomic mass is 10.2. The van der Waals surface area contributed by atoms with Crippen LogP contribution in [0.3, 0.4) is 0 Å². The fourth-order valence-electron chi connectivity index (χ4n) is 1.95. The Bertz CT molecular complexity index is 476. The van der Waals surface area contributed by atoms with Crippen LogP contribution in [0.1, 0.15) is 41.5 Å². The Hall–Kier alpha value is -1.99. The van der Waals surface area contributed by atoms with Crippen LogP contribution in [0.15, 0.2) is 5.16 Å². The summed E-state index contributed by atoms with van der Waals surface area (Å²) in [5, 5.41) is 6.58. The van der Waals surface area contributed by atoms with E-state index in [1.165, 1.54) is 12.0 Å². The third kappa shape index (κ3) is 6.75. The second kappa shape index (κ2) is 7.06. The SMILES string of the molecule is CON=C1CN(C(=O)OC(C)(C)C)CC1NC(=O)OC(C)(C)C. The maximum Gasteiger partial charge on any atom is 0.410 e. The van der Waals surface area contributed by atoms with Gasteiger partial charge in [0.15, 0.2) is 0 Å². The number of ether oxygens (including phenoxy) is 2. The second-order valence-corrected chi connectivity index (χ2v) is 7.32. The van der Waals surface area contributed by atoms with Crippen molar-refractivity contribution in [1.82, 2.24) is 10.2 Å². The van der Waals surface area contributed by atoms with Gasteiger partial charge in [0.1, 0.15) is 24.0 Å². The number of nitrogens with zero attached hydrogens (tertiary/aromatic N) is 2. The topological polar surface area (TPSA) is 89.5 Å². The smallest absolute Gasteiger partial charge is 0.410 e. The van der Waals surface area contributed by atoms with Crippen molar-refractivity contribution < 1.29 is 23.9 Å². The number of carbonyl (C=O) groups excluding carboxylic acids is 2. The van der Waals surface area contributed by atoms with Crippen LogP contribution in [0.5, 0.6) is 0 Å². The standard InChI is InChI=1S/C15H27N3O5/c1-14(2,3)22-12(19)16-10-8-18(9-11(10)17-21-7)13(20)23-15(4,5)6/h10H,8-9H2,1-7H3,(H,16,19). The van der Waals surface area contributed by atoms with Crippen molar-refractivity contribution in [2.75, 3.05) is 20.2 Å². The monoisotopic (exact) mass is 329 g/mol. The van der Waals surface area contributed by atoms with Gasteiger partial charge in [-0.3, -0.25) is 4.90 Å². The van der Waals surface area contributed by atoms with E-state index in [9.17, 15) is 9.59 Å². The van der Waals surface area contributed by atoms with Crippen molar-refractivity contribution in [3.63, 3.8) is 0 Å². The first-order chi connectivity index (χ1) is 10.4. The Kier molecular flexibility index (Phi) is 5.85. The van der Waals surface area contributed by atoms with Crippen LogP contribution >= 0.6 is 0 Å². The molecule has 1 aliphatic rings. The summed E-state index contributed by atoms with van der Waals surface area (Å²) < 4.78 is 10.6. The third-order valence-electron chi connectivity index (χ3n) is 2.71. The zero-order valence-electron chi connectivity index (χ0n) is 14.9. The van der Waals surface area contributed by atoms with Crippen LogP contribution in [-0.4, -0.2) is 60.2 Å². The first-order valence-corrected chi connectivity index (χ1v) is 7.48. The lowest BCUT2D eigenvalue weighted by Gasteiger charge is -2.24. The van der Waals surface area contributed by atoms with Crippen LogP contribution < -0.4 is 5.32 Å². The zero-order chi connectivity index (χ0) is 17.8. The lowest BCUT2D eigenvalue weighted by Crippen LogP contribution is -2.44. The molecule has 2 amide bonds. The van der Waals surface area contributed by atoms with Gasteiger partial charge in [-0.25, -0.2) is 9.59 Å². The maximum atomic E-state index is 12.1. The summed E-state index contributed by atoms with van der Waals surface area (Å²) in [4.78, 5) is 30.3. The highest BCUT2D eigenvalue weighted by molar-refractivity contribution is 5.97. The predicted octanol–water partition coefficient (Wildman–Crippen LogP) is 2.13. The fourth-order valence-corrected chi connectivity index (χ4v) is 1.95. The van der Waals surface area contributed by atoms with Gasteiger partial charge in [-0.2, -0.15) is 0 Å². The van der Waals surface area contributed by atoms with E-state index in [2.05, 4.69) is 10.5 Å². The number of alkyl carbamates (subject to hydrolysis) is 1. The molecular weight excluding hydrogens is 302 g/mol. The number of hydrogen-bond acceptors (Lipinski definition) is 6. The highest BCUT2D eigenvalue weighted by Gasteiger charge is 2.36. The Morgan fingerprint density at radius 1 is 1.13 bits per heavy atom. The minimum Gasteiger partial charge on any atom is -0.444 e. The summed E-state index contributed by atoms with van der Waals surface area (Å²) in [6.07, 6.45) is -1.04. The molecule has 0 aromatic rings. The molecule has 1 fully saturated rings. The van der Waals surface area contributed by atoms with Crippen LogP contribution in [0.4, 0.5) is 9.59 Å². The molecule has 0 bridgehead atoms. The van der Waals surface area contributed by atoms with Crippen LogP contribution in [0, 0.1) is 0 Å². The number of likely N-dealkylation sites (tertiary alicyclic amines) is 1. The first-order valence-electron chi connectivity index (χ1n) is 7.48. The van der Waals surface area contributed by atoms with E-state index in [1.54, 1.807) is 41.5 Å². The molecule has 23 heavy (non-hydrogen) atoms. The zero-order valence-corrected chi connectivity index (χ0v) is 14.9. The number of amides is 2. The quantitative estimate of drug-likeness (QED) is 0.784. The number of rotatable bonds is 2. The van der Waals surface area contributed by atoms with Gasteiger partial charge in [0, 0.05) is 0 Å². The van der Waals surface area contributed by atoms with Crippen molar-refractivity contribution in [2.45, 2.75) is 58.8 Å². The molecule has 1 N–H and O–H groups in total. The minimum absolute atomic E-state index is 0.225. The first kappa shape index (κ1) is 19.1. The van der Waals surface area contributed by atoms with E-state index < -0.39 is 29.4 Å². The van der Waals surface area contributed by atoms with Gasteiger partial charge < -0.3 is 19.6 Å². The van der Waals surface area contributed by atoms with Crippen LogP contribution in [0.2, 0.25) is 0 Å². The largest absolute Gasteiger partial charge is 0.444 e. The number of carbonyl (C=O) groups is 2. The Balaban J connectivity index is 2.73. The van der Waals surface area contributed by atoms with Crippen molar-refractivity contribution in [3.8, 4) is 0 Å². The van der Waals surface area contributed by atoms with Gasteiger partial charge >= 0.3 is 12.2 Å². The molecule has 0 radical (unpaired) electrons. The van der Waals surface area contributed by atoms with Gasteiger partial charge in [-0.15, -0.1) is 0 Å². The number of oxime groups is 1. The highest BCUT2D eigenvalue weighted by Crippen LogP contribution is 2.15. The van der Waals surface area contributed by atoms with Gasteiger partial charge in [0.2, 0.25) is 0 Å². The summed E-state index contributed by atoms with van der Waals surface area (Å²) >= 11 is 0. The van der Waals surface area contributed by atoms with E-state index in [0.29, 0.717) is 5.71 Å². The van der Waals surface area contributed by atoms with Crippen molar-refractivity contribution >= 4 is 17.9 Å². The summed E-state index contributed by atoms with van der Waals surface area (Å²) in [6, 6.07) is -0.475. The molecule has 1 saturated heterocycles. The van der Waals surface area contributed by atoms with E-state index in [-0.39, 0.29) is 13.1 Å². The summed E-state index contributed by atoms with van der Waals surface area (Å²) in [5.41, 5.74) is -0.664. The second-order valence-electron chi connectivity index (χ2n) is 7.32.